The molecule has 0 aromatic heterocycles. The third-order valence-corrected chi connectivity index (χ3v) is 2.20. The number of carbonyl (C=O) groups is 3. The van der Waals surface area contributed by atoms with Crippen LogP contribution in [-0.4, -0.2) is 24.1 Å². The fraction of sp³-hybridized carbons (Fsp3) is 0.214. The van der Waals surface area contributed by atoms with Crippen molar-refractivity contribution in [2.75, 3.05) is 6.61 Å². The number of esters is 1. The summed E-state index contributed by atoms with van der Waals surface area (Å²) in [7, 11) is 0. The molecule has 0 aliphatic carbocycles. The normalized spacial score (nSPS) is 9.61. The van der Waals surface area contributed by atoms with Gasteiger partial charge in [-0.1, -0.05) is 18.7 Å². The maximum absolute atomic E-state index is 11.5. The van der Waals surface area contributed by atoms with E-state index in [9.17, 15) is 14.4 Å². The molecule has 0 heterocycles. The summed E-state index contributed by atoms with van der Waals surface area (Å²) in [5.41, 5.74) is 1.15. The molecule has 1 rings (SSSR count). The summed E-state index contributed by atoms with van der Waals surface area (Å²) in [6, 6.07) is 6.47. The summed E-state index contributed by atoms with van der Waals surface area (Å²) in [6.07, 6.45) is 1.52. The topological polar surface area (TPSA) is 60.4 Å². The van der Waals surface area contributed by atoms with Gasteiger partial charge in [-0.15, -0.1) is 0 Å². The van der Waals surface area contributed by atoms with Gasteiger partial charge in [-0.2, -0.15) is 0 Å². The van der Waals surface area contributed by atoms with Gasteiger partial charge in [0.15, 0.2) is 11.6 Å². The van der Waals surface area contributed by atoms with Crippen molar-refractivity contribution in [1.29, 1.82) is 0 Å². The summed E-state index contributed by atoms with van der Waals surface area (Å²) < 4.78 is 4.76. The van der Waals surface area contributed by atoms with Crippen LogP contribution in [-0.2, 0) is 20.7 Å². The van der Waals surface area contributed by atoms with E-state index in [0.29, 0.717) is 5.56 Å². The van der Waals surface area contributed by atoms with Crippen molar-refractivity contribution < 1.29 is 19.1 Å². The van der Waals surface area contributed by atoms with Crippen molar-refractivity contribution in [3.05, 3.63) is 48.0 Å². The highest BCUT2D eigenvalue weighted by atomic mass is 16.5. The van der Waals surface area contributed by atoms with Gasteiger partial charge < -0.3 is 4.74 Å². The lowest BCUT2D eigenvalue weighted by Crippen LogP contribution is -2.11. The largest absolute Gasteiger partial charge is 0.454 e. The van der Waals surface area contributed by atoms with E-state index >= 15 is 0 Å². The van der Waals surface area contributed by atoms with E-state index in [0.717, 1.165) is 5.56 Å². The molecule has 18 heavy (non-hydrogen) atoms. The Balaban J connectivity index is 2.64. The number of carbonyl (C=O) groups excluding carboxylic acids is 3. The number of benzene rings is 1. The fourth-order valence-corrected chi connectivity index (χ4v) is 1.28. The van der Waals surface area contributed by atoms with Gasteiger partial charge in [0.2, 0.25) is 0 Å². The molecule has 4 heteroatoms. The maximum Gasteiger partial charge on any atom is 0.338 e. The Labute approximate surface area is 105 Å². The first-order valence-electron chi connectivity index (χ1n) is 5.43. The van der Waals surface area contributed by atoms with E-state index in [-0.39, 0.29) is 24.6 Å². The average Bonchev–Trinajstić information content (AvgIpc) is 2.36. The van der Waals surface area contributed by atoms with Gasteiger partial charge in [0.25, 0.3) is 0 Å². The van der Waals surface area contributed by atoms with Crippen molar-refractivity contribution in [1.82, 2.24) is 0 Å². The van der Waals surface area contributed by atoms with Crippen LogP contribution in [0.2, 0.25) is 0 Å². The third kappa shape index (κ3) is 4.33. The molecule has 94 valence electrons. The van der Waals surface area contributed by atoms with E-state index in [4.69, 9.17) is 4.74 Å². The monoisotopic (exact) mass is 246 g/mol. The Kier molecular flexibility index (Phi) is 4.99. The van der Waals surface area contributed by atoms with Gasteiger partial charge in [0.05, 0.1) is 5.56 Å². The molecular formula is C14H14O4. The first kappa shape index (κ1) is 13.8. The molecule has 0 saturated heterocycles. The molecule has 0 aliphatic rings. The zero-order valence-electron chi connectivity index (χ0n) is 10.1. The minimum atomic E-state index is -0.549. The second-order valence-corrected chi connectivity index (χ2v) is 3.82. The van der Waals surface area contributed by atoms with Crippen LogP contribution < -0.4 is 0 Å². The molecule has 0 radical (unpaired) electrons. The fourth-order valence-electron chi connectivity index (χ4n) is 1.28. The first-order valence-corrected chi connectivity index (χ1v) is 5.43. The molecule has 1 aromatic rings. The van der Waals surface area contributed by atoms with Crippen LogP contribution in [0.4, 0.5) is 0 Å². The standard InChI is InChI=1S/C14H14O4/c1-3-13(16)8-11-4-6-12(7-5-11)14(17)18-9-10(2)15/h3-7H,1,8-9H2,2H3. The Bertz CT molecular complexity index is 471. The third-order valence-electron chi connectivity index (χ3n) is 2.20. The SMILES string of the molecule is C=CC(=O)Cc1ccc(C(=O)OCC(C)=O)cc1. The quantitative estimate of drug-likeness (QED) is 0.566. The summed E-state index contributed by atoms with van der Waals surface area (Å²) in [5.74, 6) is -0.842. The predicted octanol–water partition coefficient (Wildman–Crippen LogP) is 1.73. The zero-order valence-corrected chi connectivity index (χ0v) is 10.1. The van der Waals surface area contributed by atoms with E-state index in [1.165, 1.54) is 13.0 Å². The highest BCUT2D eigenvalue weighted by Gasteiger charge is 2.08. The van der Waals surface area contributed by atoms with Crippen molar-refractivity contribution in [2.45, 2.75) is 13.3 Å². The molecule has 0 aliphatic heterocycles. The Morgan fingerprint density at radius 2 is 1.83 bits per heavy atom. The highest BCUT2D eigenvalue weighted by Crippen LogP contribution is 2.07. The van der Waals surface area contributed by atoms with Gasteiger partial charge in [0.1, 0.15) is 6.61 Å². The molecule has 0 N–H and O–H groups in total. The number of Topliss-reactive ketones (excluding diaryl/α,β-unsaturated/α-hetero) is 1. The molecule has 0 atom stereocenters. The molecular weight excluding hydrogens is 232 g/mol. The van der Waals surface area contributed by atoms with Crippen LogP contribution in [0.15, 0.2) is 36.9 Å². The van der Waals surface area contributed by atoms with Crippen molar-refractivity contribution >= 4 is 17.5 Å². The number of ketones is 2. The summed E-state index contributed by atoms with van der Waals surface area (Å²) in [5, 5.41) is 0. The minimum absolute atomic E-state index is 0.0816. The number of rotatable bonds is 6. The molecule has 4 nitrogen and oxygen atoms in total. The van der Waals surface area contributed by atoms with Crippen molar-refractivity contribution in [3.8, 4) is 0 Å². The lowest BCUT2D eigenvalue weighted by atomic mass is 10.1. The Hall–Kier alpha value is -2.23. The Morgan fingerprint density at radius 1 is 1.22 bits per heavy atom. The van der Waals surface area contributed by atoms with Gasteiger partial charge in [-0.25, -0.2) is 4.79 Å². The molecule has 0 saturated carbocycles. The Morgan fingerprint density at radius 3 is 2.33 bits per heavy atom. The first-order chi connectivity index (χ1) is 8.52. The zero-order chi connectivity index (χ0) is 13.5. The molecule has 0 amide bonds. The van der Waals surface area contributed by atoms with Gasteiger partial charge in [-0.3, -0.25) is 9.59 Å². The second-order valence-electron chi connectivity index (χ2n) is 3.82. The minimum Gasteiger partial charge on any atom is -0.454 e. The van der Waals surface area contributed by atoms with Gasteiger partial charge in [-0.05, 0) is 30.7 Å². The van der Waals surface area contributed by atoms with Crippen molar-refractivity contribution in [2.24, 2.45) is 0 Å². The smallest absolute Gasteiger partial charge is 0.338 e. The number of hydrogen-bond donors (Lipinski definition) is 0. The molecule has 0 fully saturated rings. The van der Waals surface area contributed by atoms with Crippen LogP contribution in [0.3, 0.4) is 0 Å². The van der Waals surface area contributed by atoms with Crippen LogP contribution >= 0.6 is 0 Å². The predicted molar refractivity (Wildman–Crippen MR) is 66.3 cm³/mol. The summed E-state index contributed by atoms with van der Waals surface area (Å²) in [6.45, 7) is 4.51. The van der Waals surface area contributed by atoms with Crippen LogP contribution in [0.5, 0.6) is 0 Å². The summed E-state index contributed by atoms with van der Waals surface area (Å²) >= 11 is 0. The molecule has 0 unspecified atom stereocenters. The molecule has 0 spiro atoms. The van der Waals surface area contributed by atoms with E-state index in [1.54, 1.807) is 24.3 Å². The molecule has 0 bridgehead atoms. The maximum atomic E-state index is 11.5. The average molecular weight is 246 g/mol. The van der Waals surface area contributed by atoms with Crippen molar-refractivity contribution in [3.63, 3.8) is 0 Å². The lowest BCUT2D eigenvalue weighted by Gasteiger charge is -2.03. The highest BCUT2D eigenvalue weighted by molar-refractivity contribution is 5.92. The van der Waals surface area contributed by atoms with E-state index in [1.807, 2.05) is 0 Å². The lowest BCUT2D eigenvalue weighted by molar-refractivity contribution is -0.120. The number of ether oxygens (including phenoxy) is 1. The summed E-state index contributed by atoms with van der Waals surface area (Å²) in [4.78, 5) is 33.3. The number of allylic oxidation sites excluding steroid dienone is 1. The second kappa shape index (κ2) is 6.49. The van der Waals surface area contributed by atoms with Crippen LogP contribution in [0.25, 0.3) is 0 Å². The van der Waals surface area contributed by atoms with Gasteiger partial charge >= 0.3 is 5.97 Å². The van der Waals surface area contributed by atoms with E-state index in [2.05, 4.69) is 6.58 Å². The number of hydrogen-bond acceptors (Lipinski definition) is 4. The molecule has 1 aromatic carbocycles. The van der Waals surface area contributed by atoms with Crippen LogP contribution in [0, 0.1) is 0 Å². The van der Waals surface area contributed by atoms with E-state index < -0.39 is 5.97 Å². The van der Waals surface area contributed by atoms with Gasteiger partial charge in [0, 0.05) is 6.42 Å². The van der Waals surface area contributed by atoms with Crippen LogP contribution in [0.1, 0.15) is 22.8 Å².